The third-order valence-corrected chi connectivity index (χ3v) is 21.4. The lowest BCUT2D eigenvalue weighted by atomic mass is 10.0. The lowest BCUT2D eigenvalue weighted by Gasteiger charge is -2.21. The molecule has 0 saturated carbocycles. The topological polar surface area (TPSA) is 237 Å². The number of carbonyl (C=O) groups is 4. The number of aliphatic hydroxyl groups is 1. The van der Waals surface area contributed by atoms with Crippen molar-refractivity contribution in [2.75, 3.05) is 39.6 Å². The molecule has 0 saturated heterocycles. The van der Waals surface area contributed by atoms with Crippen LogP contribution in [0.3, 0.4) is 0 Å². The summed E-state index contributed by atoms with van der Waals surface area (Å²) in [5, 5.41) is 10.7. The summed E-state index contributed by atoms with van der Waals surface area (Å²) in [5.74, 6) is -0.509. The molecule has 0 aliphatic heterocycles. The predicted octanol–water partition coefficient (Wildman–Crippen LogP) is 25.1. The maximum absolute atomic E-state index is 13.1. The van der Waals surface area contributed by atoms with Crippen molar-refractivity contribution in [3.05, 3.63) is 0 Å². The molecule has 19 heteroatoms. The normalized spacial score (nSPS) is 13.9. The van der Waals surface area contributed by atoms with E-state index in [0.29, 0.717) is 25.7 Å². The summed E-state index contributed by atoms with van der Waals surface area (Å²) in [7, 11) is -9.92. The van der Waals surface area contributed by atoms with Crippen LogP contribution < -0.4 is 0 Å². The minimum atomic E-state index is -4.96. The summed E-state index contributed by atoms with van der Waals surface area (Å²) in [5.41, 5.74) is 0. The van der Waals surface area contributed by atoms with Crippen molar-refractivity contribution in [2.24, 2.45) is 11.8 Å². The van der Waals surface area contributed by atoms with Crippen LogP contribution in [0.2, 0.25) is 0 Å². The van der Waals surface area contributed by atoms with E-state index >= 15 is 0 Å². The number of hydrogen-bond acceptors (Lipinski definition) is 15. The highest BCUT2D eigenvalue weighted by Crippen LogP contribution is 2.45. The Hall–Kier alpha value is -1.94. The summed E-state index contributed by atoms with van der Waals surface area (Å²) in [6, 6.07) is 0. The highest BCUT2D eigenvalue weighted by atomic mass is 31.2. The summed E-state index contributed by atoms with van der Waals surface area (Å²) in [6.45, 7) is 9.70. The van der Waals surface area contributed by atoms with Gasteiger partial charge in [0.25, 0.3) is 0 Å². The molecular formula is C83H162O17P2. The standard InChI is InChI=1S/C83H162O17P2/c1-7-9-11-13-15-17-19-20-21-22-23-31-37-43-49-55-61-67-82(87)99-78(71-93-80(85)65-59-53-47-41-33-18-16-14-12-10-8-2)73-97-101(89,90)95-69-77(84)70-96-102(91,92)98-74-79(100-83(88)68-62-56-50-44-38-32-27-25-29-35-40-46-52-58-64-76(5)6)72-94-81(86)66-60-54-48-42-36-30-26-24-28-34-39-45-51-57-63-75(3)4/h75-79,84H,7-74H2,1-6H3,(H,89,90)(H,91,92)/t77-,78+,79+/m0/s1. The Morgan fingerprint density at radius 2 is 0.451 bits per heavy atom. The minimum absolute atomic E-state index is 0.108. The highest BCUT2D eigenvalue weighted by Gasteiger charge is 2.30. The van der Waals surface area contributed by atoms with Gasteiger partial charge in [-0.3, -0.25) is 37.3 Å². The third kappa shape index (κ3) is 76.3. The first-order chi connectivity index (χ1) is 49.4. The molecule has 0 bridgehead atoms. The summed E-state index contributed by atoms with van der Waals surface area (Å²) >= 11 is 0. The van der Waals surface area contributed by atoms with E-state index < -0.39 is 97.5 Å². The lowest BCUT2D eigenvalue weighted by molar-refractivity contribution is -0.161. The van der Waals surface area contributed by atoms with E-state index in [4.69, 9.17) is 37.0 Å². The quantitative estimate of drug-likeness (QED) is 0.0222. The van der Waals surface area contributed by atoms with Crippen LogP contribution >= 0.6 is 15.6 Å². The average Bonchev–Trinajstić information content (AvgIpc) is 0.949. The highest BCUT2D eigenvalue weighted by molar-refractivity contribution is 7.47. The van der Waals surface area contributed by atoms with Crippen molar-refractivity contribution in [1.29, 1.82) is 0 Å². The molecule has 0 fully saturated rings. The Labute approximate surface area is 626 Å². The van der Waals surface area contributed by atoms with E-state index in [-0.39, 0.29) is 25.7 Å². The molecule has 0 aromatic heterocycles. The van der Waals surface area contributed by atoms with Crippen LogP contribution in [0.15, 0.2) is 0 Å². The molecule has 102 heavy (non-hydrogen) atoms. The van der Waals surface area contributed by atoms with Crippen LogP contribution in [-0.4, -0.2) is 96.7 Å². The fourth-order valence-corrected chi connectivity index (χ4v) is 14.5. The molecule has 5 atom stereocenters. The molecule has 0 aromatic rings. The van der Waals surface area contributed by atoms with Gasteiger partial charge in [-0.05, 0) is 37.5 Å². The molecule has 0 radical (unpaired) electrons. The number of carbonyl (C=O) groups excluding carboxylic acids is 4. The van der Waals surface area contributed by atoms with Crippen LogP contribution in [0.25, 0.3) is 0 Å². The first-order valence-corrected chi connectivity index (χ1v) is 46.0. The number of ether oxygens (including phenoxy) is 4. The molecular weight excluding hydrogens is 1330 g/mol. The lowest BCUT2D eigenvalue weighted by Crippen LogP contribution is -2.30. The second-order valence-corrected chi connectivity index (χ2v) is 33.7. The molecule has 17 nitrogen and oxygen atoms in total. The first-order valence-electron chi connectivity index (χ1n) is 43.0. The van der Waals surface area contributed by atoms with Crippen molar-refractivity contribution in [1.82, 2.24) is 0 Å². The number of unbranched alkanes of at least 4 members (excludes halogenated alkanes) is 52. The van der Waals surface area contributed by atoms with E-state index in [9.17, 15) is 43.2 Å². The summed E-state index contributed by atoms with van der Waals surface area (Å²) in [4.78, 5) is 73.1. The van der Waals surface area contributed by atoms with Crippen LogP contribution in [0.5, 0.6) is 0 Å². The first kappa shape index (κ1) is 100. The second kappa shape index (κ2) is 74.5. The molecule has 0 rings (SSSR count). The molecule has 0 heterocycles. The predicted molar refractivity (Wildman–Crippen MR) is 418 cm³/mol. The molecule has 606 valence electrons. The van der Waals surface area contributed by atoms with Gasteiger partial charge in [0, 0.05) is 25.7 Å². The van der Waals surface area contributed by atoms with Crippen molar-refractivity contribution in [3.63, 3.8) is 0 Å². The largest absolute Gasteiger partial charge is 0.472 e. The van der Waals surface area contributed by atoms with Crippen molar-refractivity contribution < 1.29 is 80.2 Å². The molecule has 0 aliphatic carbocycles. The zero-order valence-corrected chi connectivity index (χ0v) is 68.7. The Bertz CT molecular complexity index is 1960. The molecule has 0 amide bonds. The third-order valence-electron chi connectivity index (χ3n) is 19.5. The van der Waals surface area contributed by atoms with Crippen molar-refractivity contribution >= 4 is 39.5 Å². The number of phosphoric ester groups is 2. The number of hydrogen-bond donors (Lipinski definition) is 3. The van der Waals surface area contributed by atoms with Gasteiger partial charge in [0.2, 0.25) is 0 Å². The van der Waals surface area contributed by atoms with Gasteiger partial charge < -0.3 is 33.8 Å². The fourth-order valence-electron chi connectivity index (χ4n) is 12.9. The van der Waals surface area contributed by atoms with Crippen molar-refractivity contribution in [3.8, 4) is 0 Å². The average molecular weight is 1490 g/mol. The molecule has 0 aliphatic rings. The minimum Gasteiger partial charge on any atom is -0.462 e. The van der Waals surface area contributed by atoms with Gasteiger partial charge in [-0.15, -0.1) is 0 Å². The van der Waals surface area contributed by atoms with E-state index in [0.717, 1.165) is 102 Å². The molecule has 2 unspecified atom stereocenters. The monoisotopic (exact) mass is 1490 g/mol. The molecule has 3 N–H and O–H groups in total. The van der Waals surface area contributed by atoms with Crippen molar-refractivity contribution in [2.45, 2.75) is 458 Å². The van der Waals surface area contributed by atoms with Gasteiger partial charge in [0.1, 0.15) is 19.3 Å². The number of esters is 4. The molecule has 0 aromatic carbocycles. The van der Waals surface area contributed by atoms with Gasteiger partial charge in [-0.25, -0.2) is 9.13 Å². The van der Waals surface area contributed by atoms with Gasteiger partial charge in [0.15, 0.2) is 12.2 Å². The Balaban J connectivity index is 5.25. The van der Waals surface area contributed by atoms with Gasteiger partial charge in [-0.1, -0.05) is 388 Å². The zero-order chi connectivity index (χ0) is 74.9. The van der Waals surface area contributed by atoms with E-state index in [1.54, 1.807) is 0 Å². The maximum atomic E-state index is 13.1. The maximum Gasteiger partial charge on any atom is 0.472 e. The Morgan fingerprint density at radius 3 is 0.667 bits per heavy atom. The SMILES string of the molecule is CCCCCCCCCCCCCCCCCCCC(=O)O[C@H](COC(=O)CCCCCCCCCCCCC)COP(=O)(O)OC[C@H](O)COP(=O)(O)OC[C@@H](COC(=O)CCCCCCCCCCCCCCCCC(C)C)OC(=O)CCCCCCCCCCCCCCCCC(C)C. The van der Waals surface area contributed by atoms with Gasteiger partial charge in [0.05, 0.1) is 26.4 Å². The van der Waals surface area contributed by atoms with Gasteiger partial charge in [-0.2, -0.15) is 0 Å². The van der Waals surface area contributed by atoms with E-state index in [1.807, 2.05) is 0 Å². The van der Waals surface area contributed by atoms with E-state index in [2.05, 4.69) is 41.5 Å². The number of phosphoric acid groups is 2. The second-order valence-electron chi connectivity index (χ2n) is 30.8. The number of rotatable bonds is 82. The Kier molecular flexibility index (Phi) is 73.1. The smallest absolute Gasteiger partial charge is 0.462 e. The summed E-state index contributed by atoms with van der Waals surface area (Å²) < 4.78 is 68.8. The molecule has 0 spiro atoms. The van der Waals surface area contributed by atoms with Crippen LogP contribution in [0.1, 0.15) is 440 Å². The summed E-state index contributed by atoms with van der Waals surface area (Å²) in [6.07, 6.45) is 65.1. The number of aliphatic hydroxyl groups excluding tert-OH is 1. The van der Waals surface area contributed by atoms with E-state index in [1.165, 1.54) is 257 Å². The van der Waals surface area contributed by atoms with Gasteiger partial charge >= 0.3 is 39.5 Å². The fraction of sp³-hybridized carbons (Fsp3) is 0.952. The van der Waals surface area contributed by atoms with Crippen LogP contribution in [0.4, 0.5) is 0 Å². The van der Waals surface area contributed by atoms with Crippen LogP contribution in [0, 0.1) is 11.8 Å². The Morgan fingerprint density at radius 1 is 0.265 bits per heavy atom. The van der Waals surface area contributed by atoms with Crippen LogP contribution in [-0.2, 0) is 65.4 Å². The zero-order valence-electron chi connectivity index (χ0n) is 66.9.